The summed E-state index contributed by atoms with van der Waals surface area (Å²) in [5.74, 6) is 0.910. The molecular formula is C17H22N2OS. The summed E-state index contributed by atoms with van der Waals surface area (Å²) in [6, 6.07) is 12.7. The Morgan fingerprint density at radius 2 is 2.14 bits per heavy atom. The molecular weight excluding hydrogens is 280 g/mol. The van der Waals surface area contributed by atoms with Crippen molar-refractivity contribution >= 4 is 11.8 Å². The van der Waals surface area contributed by atoms with Crippen LogP contribution in [0.15, 0.2) is 47.5 Å². The molecule has 3 nitrogen and oxygen atoms in total. The summed E-state index contributed by atoms with van der Waals surface area (Å²) >= 11 is 1.83. The number of thioether (sulfide) groups is 1. The average Bonchev–Trinajstić information content (AvgIpc) is 2.51. The number of benzene rings is 1. The molecule has 2 rings (SSSR count). The van der Waals surface area contributed by atoms with Crippen LogP contribution in [0.2, 0.25) is 0 Å². The molecule has 0 saturated heterocycles. The number of hydrogen-bond acceptors (Lipinski definition) is 4. The number of rotatable bonds is 8. The highest BCUT2D eigenvalue weighted by atomic mass is 32.2. The number of hydrogen-bond donors (Lipinski definition) is 1. The lowest BCUT2D eigenvalue weighted by Gasteiger charge is -2.07. The number of aryl methyl sites for hydroxylation is 1. The van der Waals surface area contributed by atoms with Gasteiger partial charge in [-0.3, -0.25) is 4.98 Å². The highest BCUT2D eigenvalue weighted by molar-refractivity contribution is 7.98. The van der Waals surface area contributed by atoms with Gasteiger partial charge in [0.25, 0.3) is 0 Å². The van der Waals surface area contributed by atoms with Crippen molar-refractivity contribution in [2.45, 2.75) is 24.1 Å². The summed E-state index contributed by atoms with van der Waals surface area (Å²) in [6.45, 7) is 4.60. The van der Waals surface area contributed by atoms with Gasteiger partial charge in [0.1, 0.15) is 0 Å². The topological polar surface area (TPSA) is 34.1 Å². The number of pyridine rings is 1. The van der Waals surface area contributed by atoms with Gasteiger partial charge in [-0.15, -0.1) is 11.8 Å². The zero-order chi connectivity index (χ0) is 14.9. The summed E-state index contributed by atoms with van der Waals surface area (Å²) in [5.41, 5.74) is 3.71. The molecule has 1 heterocycles. The van der Waals surface area contributed by atoms with Crippen molar-refractivity contribution < 1.29 is 4.74 Å². The standard InChI is InChI=1S/C17H22N2OS/c1-14-5-4-8-19-17(14)13-21-16-7-3-6-15(11-16)12-18-9-10-20-2/h3-8,11,18H,9-10,12-13H2,1-2H3. The van der Waals surface area contributed by atoms with E-state index >= 15 is 0 Å². The summed E-state index contributed by atoms with van der Waals surface area (Å²) in [4.78, 5) is 5.72. The number of methoxy groups -OCH3 is 1. The molecule has 0 bridgehead atoms. The molecule has 0 aliphatic heterocycles. The minimum Gasteiger partial charge on any atom is -0.383 e. The van der Waals surface area contributed by atoms with Gasteiger partial charge in [0.15, 0.2) is 0 Å². The van der Waals surface area contributed by atoms with Gasteiger partial charge in [-0.25, -0.2) is 0 Å². The number of ether oxygens (including phenoxy) is 1. The number of aromatic nitrogens is 1. The maximum Gasteiger partial charge on any atom is 0.0587 e. The van der Waals surface area contributed by atoms with Crippen molar-refractivity contribution in [3.8, 4) is 0 Å². The first-order chi connectivity index (χ1) is 10.3. The Morgan fingerprint density at radius 3 is 2.95 bits per heavy atom. The van der Waals surface area contributed by atoms with Crippen LogP contribution in [0, 0.1) is 6.92 Å². The van der Waals surface area contributed by atoms with Gasteiger partial charge in [0.05, 0.1) is 12.3 Å². The van der Waals surface area contributed by atoms with Gasteiger partial charge in [-0.2, -0.15) is 0 Å². The Kier molecular flexibility index (Phi) is 6.73. The lowest BCUT2D eigenvalue weighted by Crippen LogP contribution is -2.18. The molecule has 0 aliphatic rings. The van der Waals surface area contributed by atoms with E-state index in [4.69, 9.17) is 4.74 Å². The van der Waals surface area contributed by atoms with E-state index in [1.807, 2.05) is 24.0 Å². The minimum absolute atomic E-state index is 0.743. The Balaban J connectivity index is 1.87. The van der Waals surface area contributed by atoms with E-state index < -0.39 is 0 Å². The third-order valence-electron chi connectivity index (χ3n) is 3.20. The Labute approximate surface area is 131 Å². The average molecular weight is 302 g/mol. The van der Waals surface area contributed by atoms with E-state index in [2.05, 4.69) is 47.6 Å². The van der Waals surface area contributed by atoms with Crippen molar-refractivity contribution in [3.05, 3.63) is 59.4 Å². The quantitative estimate of drug-likeness (QED) is 0.598. The van der Waals surface area contributed by atoms with Crippen molar-refractivity contribution in [1.82, 2.24) is 10.3 Å². The molecule has 112 valence electrons. The largest absolute Gasteiger partial charge is 0.383 e. The molecule has 1 N–H and O–H groups in total. The lowest BCUT2D eigenvalue weighted by atomic mass is 10.2. The lowest BCUT2D eigenvalue weighted by molar-refractivity contribution is 0.199. The second-order valence-corrected chi connectivity index (χ2v) is 5.92. The van der Waals surface area contributed by atoms with Crippen LogP contribution in [-0.2, 0) is 17.0 Å². The molecule has 0 aliphatic carbocycles. The summed E-state index contributed by atoms with van der Waals surface area (Å²) in [6.07, 6.45) is 1.86. The van der Waals surface area contributed by atoms with Crippen molar-refractivity contribution in [2.24, 2.45) is 0 Å². The monoisotopic (exact) mass is 302 g/mol. The second-order valence-electron chi connectivity index (χ2n) is 4.87. The fourth-order valence-corrected chi connectivity index (χ4v) is 2.99. The van der Waals surface area contributed by atoms with Crippen LogP contribution in [0.5, 0.6) is 0 Å². The van der Waals surface area contributed by atoms with Crippen LogP contribution in [-0.4, -0.2) is 25.2 Å². The smallest absolute Gasteiger partial charge is 0.0587 e. The first kappa shape index (κ1) is 16.0. The molecule has 0 amide bonds. The minimum atomic E-state index is 0.743. The van der Waals surface area contributed by atoms with Crippen LogP contribution in [0.4, 0.5) is 0 Å². The van der Waals surface area contributed by atoms with Gasteiger partial charge < -0.3 is 10.1 Å². The van der Waals surface area contributed by atoms with Crippen LogP contribution >= 0.6 is 11.8 Å². The van der Waals surface area contributed by atoms with Crippen molar-refractivity contribution in [1.29, 1.82) is 0 Å². The van der Waals surface area contributed by atoms with Crippen molar-refractivity contribution in [3.63, 3.8) is 0 Å². The Hall–Kier alpha value is -1.36. The molecule has 0 atom stereocenters. The zero-order valence-corrected chi connectivity index (χ0v) is 13.5. The highest BCUT2D eigenvalue weighted by Crippen LogP contribution is 2.23. The number of nitrogens with one attached hydrogen (secondary N) is 1. The van der Waals surface area contributed by atoms with Crippen LogP contribution < -0.4 is 5.32 Å². The molecule has 1 aromatic heterocycles. The Morgan fingerprint density at radius 1 is 1.24 bits per heavy atom. The molecule has 21 heavy (non-hydrogen) atoms. The zero-order valence-electron chi connectivity index (χ0n) is 12.6. The summed E-state index contributed by atoms with van der Waals surface area (Å²) < 4.78 is 5.03. The molecule has 0 spiro atoms. The van der Waals surface area contributed by atoms with Crippen molar-refractivity contribution in [2.75, 3.05) is 20.3 Å². The van der Waals surface area contributed by atoms with Gasteiger partial charge >= 0.3 is 0 Å². The first-order valence-electron chi connectivity index (χ1n) is 7.11. The van der Waals surface area contributed by atoms with E-state index in [1.165, 1.54) is 16.0 Å². The summed E-state index contributed by atoms with van der Waals surface area (Å²) in [5, 5.41) is 3.37. The predicted molar refractivity (Wildman–Crippen MR) is 88.6 cm³/mol. The molecule has 0 fully saturated rings. The SMILES string of the molecule is COCCNCc1cccc(SCc2ncccc2C)c1. The third kappa shape index (κ3) is 5.50. The van der Waals surface area contributed by atoms with Gasteiger partial charge in [-0.1, -0.05) is 18.2 Å². The van der Waals surface area contributed by atoms with Crippen LogP contribution in [0.1, 0.15) is 16.8 Å². The Bertz CT molecular complexity index is 560. The van der Waals surface area contributed by atoms with Gasteiger partial charge in [0, 0.05) is 37.0 Å². The van der Waals surface area contributed by atoms with Crippen LogP contribution in [0.3, 0.4) is 0 Å². The highest BCUT2D eigenvalue weighted by Gasteiger charge is 2.01. The van der Waals surface area contributed by atoms with E-state index in [0.29, 0.717) is 0 Å². The normalized spacial score (nSPS) is 10.8. The molecule has 1 aromatic carbocycles. The molecule has 0 radical (unpaired) electrons. The first-order valence-corrected chi connectivity index (χ1v) is 8.10. The maximum absolute atomic E-state index is 5.03. The second kappa shape index (κ2) is 8.82. The van der Waals surface area contributed by atoms with E-state index in [9.17, 15) is 0 Å². The fraction of sp³-hybridized carbons (Fsp3) is 0.353. The fourth-order valence-electron chi connectivity index (χ4n) is 1.97. The summed E-state index contributed by atoms with van der Waals surface area (Å²) in [7, 11) is 1.72. The molecule has 0 unspecified atom stereocenters. The number of nitrogens with zero attached hydrogens (tertiary/aromatic N) is 1. The van der Waals surface area contributed by atoms with E-state index in [0.717, 1.165) is 31.1 Å². The molecule has 2 aromatic rings. The van der Waals surface area contributed by atoms with Crippen LogP contribution in [0.25, 0.3) is 0 Å². The van der Waals surface area contributed by atoms with E-state index in [-0.39, 0.29) is 0 Å². The molecule has 4 heteroatoms. The van der Waals surface area contributed by atoms with Gasteiger partial charge in [0.2, 0.25) is 0 Å². The third-order valence-corrected chi connectivity index (χ3v) is 4.21. The molecule has 0 saturated carbocycles. The predicted octanol–water partition coefficient (Wildman–Crippen LogP) is 3.42. The van der Waals surface area contributed by atoms with E-state index in [1.54, 1.807) is 7.11 Å². The van der Waals surface area contributed by atoms with Gasteiger partial charge in [-0.05, 0) is 36.2 Å². The maximum atomic E-state index is 5.03.